The first kappa shape index (κ1) is 37.8. The maximum Gasteiger partial charge on any atom is 0.255 e. The van der Waals surface area contributed by atoms with Gasteiger partial charge in [0.2, 0.25) is 11.5 Å². The summed E-state index contributed by atoms with van der Waals surface area (Å²) >= 11 is 0. The van der Waals surface area contributed by atoms with Gasteiger partial charge in [0.15, 0.2) is 40.6 Å². The van der Waals surface area contributed by atoms with E-state index in [1.807, 2.05) is 67.6 Å². The average molecular weight is 742 g/mol. The number of benzene rings is 4. The number of unbranched alkanes of at least 4 members (excludes halogenated alkanes) is 2. The molecule has 0 fully saturated rings. The van der Waals surface area contributed by atoms with Crippen molar-refractivity contribution in [2.45, 2.75) is 44.9 Å². The Balaban J connectivity index is 1.01. The molecule has 13 heteroatoms. The molecule has 54 heavy (non-hydrogen) atoms. The van der Waals surface area contributed by atoms with Crippen LogP contribution in [0.5, 0.6) is 46.0 Å². The molecule has 0 aliphatic carbocycles. The lowest BCUT2D eigenvalue weighted by Gasteiger charge is -2.28. The minimum absolute atomic E-state index is 0.122. The van der Waals surface area contributed by atoms with Gasteiger partial charge in [0.05, 0.1) is 66.6 Å². The van der Waals surface area contributed by atoms with Crippen molar-refractivity contribution in [2.75, 3.05) is 60.7 Å². The number of hydrogen-bond acceptors (Lipinski definition) is 12. The molecule has 6 rings (SSSR count). The molecule has 2 aliphatic heterocycles. The zero-order valence-electron chi connectivity index (χ0n) is 31.5. The van der Waals surface area contributed by atoms with Crippen molar-refractivity contribution < 1.29 is 47.5 Å². The lowest BCUT2D eigenvalue weighted by Crippen LogP contribution is -2.38. The van der Waals surface area contributed by atoms with Gasteiger partial charge in [-0.3, -0.25) is 4.79 Å². The average Bonchev–Trinajstić information content (AvgIpc) is 3.71. The molecule has 1 amide bonds. The third-order valence-corrected chi connectivity index (χ3v) is 9.16. The van der Waals surface area contributed by atoms with Crippen molar-refractivity contribution in [3.8, 4) is 46.0 Å². The number of ether oxygens (including phenoxy) is 8. The number of methoxy groups -OCH3 is 5. The number of amides is 1. The van der Waals surface area contributed by atoms with Gasteiger partial charge in [-0.2, -0.15) is 0 Å². The van der Waals surface area contributed by atoms with Crippen LogP contribution < -0.4 is 48.5 Å². The number of carbonyl (C=O) groups is 1. The largest absolute Gasteiger partial charge is 0.493 e. The molecule has 2 atom stereocenters. The lowest BCUT2D eigenvalue weighted by molar-refractivity contribution is 0.0853. The fraction of sp³-hybridized carbons (Fsp3) is 0.366. The minimum atomic E-state index is -0.382. The van der Waals surface area contributed by atoms with E-state index in [2.05, 4.69) is 15.8 Å². The number of hydrogen-bond donors (Lipinski definition) is 2. The summed E-state index contributed by atoms with van der Waals surface area (Å²) in [5.41, 5.74) is 4.66. The summed E-state index contributed by atoms with van der Waals surface area (Å²) in [7, 11) is 7.91. The molecular formula is C41H47N3O10. The van der Waals surface area contributed by atoms with Crippen LogP contribution in [0.1, 0.15) is 71.9 Å². The fourth-order valence-electron chi connectivity index (χ4n) is 6.41. The topological polar surface area (TPSA) is 137 Å². The fourth-order valence-corrected chi connectivity index (χ4v) is 6.41. The first-order valence-electron chi connectivity index (χ1n) is 17.9. The maximum absolute atomic E-state index is 12.7. The predicted molar refractivity (Wildman–Crippen MR) is 203 cm³/mol. The van der Waals surface area contributed by atoms with Crippen molar-refractivity contribution >= 4 is 17.3 Å². The van der Waals surface area contributed by atoms with Crippen molar-refractivity contribution in [3.05, 3.63) is 89.0 Å². The minimum Gasteiger partial charge on any atom is -0.493 e. The van der Waals surface area contributed by atoms with Gasteiger partial charge in [-0.1, -0.05) is 23.4 Å². The summed E-state index contributed by atoms with van der Waals surface area (Å²) in [5, 5.41) is 10.8. The Hall–Kier alpha value is -5.98. The van der Waals surface area contributed by atoms with Crippen LogP contribution in [0, 0.1) is 0 Å². The van der Waals surface area contributed by atoms with E-state index < -0.39 is 0 Å². The van der Waals surface area contributed by atoms with E-state index in [1.54, 1.807) is 41.6 Å². The smallest absolute Gasteiger partial charge is 0.255 e. The first-order chi connectivity index (χ1) is 26.4. The van der Waals surface area contributed by atoms with Crippen LogP contribution in [0.15, 0.2) is 71.9 Å². The summed E-state index contributed by atoms with van der Waals surface area (Å²) < 4.78 is 46.2. The van der Waals surface area contributed by atoms with Crippen LogP contribution in [-0.4, -0.2) is 67.0 Å². The van der Waals surface area contributed by atoms with Gasteiger partial charge in [-0.25, -0.2) is 0 Å². The molecular weight excluding hydrogens is 694 g/mol. The number of para-hydroxylation sites is 1. The second-order valence-electron chi connectivity index (χ2n) is 12.5. The molecule has 0 aromatic heterocycles. The SMILES string of the molecule is CCOc1cc(C2NC(=O)c3ccccc3N2)ccc1OCCCCCOc1c(OC)cc(C2=NOC(c3cc(OC)c(OC)c(OC)c3)C2)cc1OC. The Morgan fingerprint density at radius 2 is 1.31 bits per heavy atom. The van der Waals surface area contributed by atoms with Gasteiger partial charge in [-0.15, -0.1) is 0 Å². The standard InChI is InChI=1S/C41H47N3O10/c1-7-51-33-19-25(40-42-29-14-10-9-13-28(29)41(45)43-40)15-16-31(33)52-17-11-8-12-18-53-39-36(48-4)20-26(21-37(39)49-5)30-24-32(54-44-30)27-22-34(46-2)38(50-6)35(23-27)47-3/h9-10,13-16,19-23,32,40,42H,7-8,11-12,17-18,24H2,1-6H3,(H,43,45). The molecule has 2 unspecified atom stereocenters. The van der Waals surface area contributed by atoms with E-state index in [-0.39, 0.29) is 18.2 Å². The molecule has 0 saturated carbocycles. The van der Waals surface area contributed by atoms with Crippen molar-refractivity contribution in [3.63, 3.8) is 0 Å². The van der Waals surface area contributed by atoms with E-state index >= 15 is 0 Å². The zero-order valence-corrected chi connectivity index (χ0v) is 31.5. The summed E-state index contributed by atoms with van der Waals surface area (Å²) in [6.07, 6.45) is 2.26. The number of rotatable bonds is 18. The van der Waals surface area contributed by atoms with Crippen molar-refractivity contribution in [1.82, 2.24) is 5.32 Å². The molecule has 0 bridgehead atoms. The number of nitrogens with zero attached hydrogens (tertiary/aromatic N) is 1. The highest BCUT2D eigenvalue weighted by atomic mass is 16.6. The Bertz CT molecular complexity index is 1920. The Kier molecular flexibility index (Phi) is 12.4. The maximum atomic E-state index is 12.7. The van der Waals surface area contributed by atoms with Gasteiger partial charge >= 0.3 is 0 Å². The number of nitrogens with one attached hydrogen (secondary N) is 2. The van der Waals surface area contributed by atoms with Crippen LogP contribution in [0.4, 0.5) is 5.69 Å². The van der Waals surface area contributed by atoms with Crippen LogP contribution in [0.2, 0.25) is 0 Å². The van der Waals surface area contributed by atoms with Crippen LogP contribution >= 0.6 is 0 Å². The normalized spacial score (nSPS) is 15.8. The van der Waals surface area contributed by atoms with Gasteiger partial charge in [0.25, 0.3) is 5.91 Å². The quantitative estimate of drug-likeness (QED) is 0.0983. The number of anilines is 1. The van der Waals surface area contributed by atoms with Gasteiger partial charge in [0, 0.05) is 23.2 Å². The van der Waals surface area contributed by atoms with E-state index in [0.29, 0.717) is 77.8 Å². The molecule has 0 saturated heterocycles. The van der Waals surface area contributed by atoms with Crippen LogP contribution in [-0.2, 0) is 4.84 Å². The second kappa shape index (κ2) is 17.7. The molecule has 0 radical (unpaired) electrons. The first-order valence-corrected chi connectivity index (χ1v) is 17.9. The lowest BCUT2D eigenvalue weighted by atomic mass is 9.99. The van der Waals surface area contributed by atoms with E-state index in [9.17, 15) is 4.79 Å². The van der Waals surface area contributed by atoms with Gasteiger partial charge < -0.3 is 53.4 Å². The molecule has 286 valence electrons. The molecule has 13 nitrogen and oxygen atoms in total. The van der Waals surface area contributed by atoms with Crippen molar-refractivity contribution in [2.24, 2.45) is 5.16 Å². The van der Waals surface area contributed by atoms with Crippen molar-refractivity contribution in [1.29, 1.82) is 0 Å². The van der Waals surface area contributed by atoms with Crippen LogP contribution in [0.25, 0.3) is 0 Å². The highest BCUT2D eigenvalue weighted by Crippen LogP contribution is 2.44. The van der Waals surface area contributed by atoms with Gasteiger partial charge in [0.1, 0.15) is 6.17 Å². The summed E-state index contributed by atoms with van der Waals surface area (Å²) in [6, 6.07) is 20.7. The van der Waals surface area contributed by atoms with Gasteiger partial charge in [-0.05, 0) is 80.3 Å². The molecule has 0 spiro atoms. The molecule has 2 aliphatic rings. The summed E-state index contributed by atoms with van der Waals surface area (Å²) in [6.45, 7) is 3.38. The molecule has 4 aromatic rings. The Morgan fingerprint density at radius 3 is 1.98 bits per heavy atom. The summed E-state index contributed by atoms with van der Waals surface area (Å²) in [5.74, 6) is 4.34. The Labute approximate surface area is 315 Å². The highest BCUT2D eigenvalue weighted by Gasteiger charge is 2.29. The third kappa shape index (κ3) is 8.30. The number of carbonyl (C=O) groups excluding carboxylic acids is 1. The van der Waals surface area contributed by atoms with E-state index in [0.717, 1.165) is 47.4 Å². The second-order valence-corrected chi connectivity index (χ2v) is 12.5. The van der Waals surface area contributed by atoms with E-state index in [4.69, 9.17) is 42.7 Å². The number of fused-ring (bicyclic) bond motifs is 1. The predicted octanol–water partition coefficient (Wildman–Crippen LogP) is 7.48. The van der Waals surface area contributed by atoms with E-state index in [1.165, 1.54) is 0 Å². The Morgan fingerprint density at radius 1 is 0.667 bits per heavy atom. The highest BCUT2D eigenvalue weighted by molar-refractivity contribution is 6.02. The molecule has 2 heterocycles. The third-order valence-electron chi connectivity index (χ3n) is 9.16. The number of oxime groups is 1. The van der Waals surface area contributed by atoms with Crippen LogP contribution in [0.3, 0.4) is 0 Å². The molecule has 4 aromatic carbocycles. The summed E-state index contributed by atoms with van der Waals surface area (Å²) in [4.78, 5) is 18.5. The zero-order chi connectivity index (χ0) is 38.0. The molecule has 2 N–H and O–H groups in total. The monoisotopic (exact) mass is 741 g/mol.